The number of carbonyl (C=O) groups excluding carboxylic acids is 1. The van der Waals surface area contributed by atoms with Crippen LogP contribution < -0.4 is 10.6 Å². The molecule has 0 saturated heterocycles. The first-order valence-corrected chi connectivity index (χ1v) is 7.55. The molecule has 0 spiro atoms. The normalized spacial score (nSPS) is 16.7. The minimum Gasteiger partial charge on any atom is -0.393 e. The summed E-state index contributed by atoms with van der Waals surface area (Å²) in [5, 5.41) is 15.6. The first-order valence-electron chi connectivity index (χ1n) is 7.55. The summed E-state index contributed by atoms with van der Waals surface area (Å²) < 4.78 is 0. The van der Waals surface area contributed by atoms with Gasteiger partial charge in [-0.1, -0.05) is 24.3 Å². The number of aliphatic hydroxyl groups excluding tert-OH is 1. The lowest BCUT2D eigenvalue weighted by atomic mass is 9.88. The van der Waals surface area contributed by atoms with Gasteiger partial charge in [0.2, 0.25) is 0 Å². The average molecular weight is 296 g/mol. The summed E-state index contributed by atoms with van der Waals surface area (Å²) in [7, 11) is 0. The van der Waals surface area contributed by atoms with E-state index in [1.807, 2.05) is 43.3 Å². The summed E-state index contributed by atoms with van der Waals surface area (Å²) in [6.07, 6.45) is 1.91. The van der Waals surface area contributed by atoms with E-state index in [4.69, 9.17) is 0 Å². The van der Waals surface area contributed by atoms with E-state index < -0.39 is 0 Å². The quantitative estimate of drug-likeness (QED) is 0.794. The molecule has 0 radical (unpaired) electrons. The molecule has 0 aromatic heterocycles. The maximum Gasteiger partial charge on any atom is 0.323 e. The predicted octanol–water partition coefficient (Wildman–Crippen LogP) is 3.49. The molecule has 1 aliphatic carbocycles. The second-order valence-electron chi connectivity index (χ2n) is 5.79. The SMILES string of the molecule is Cc1cccc(NC(=O)Nc2cccc3c2C[C@H](O)CC3)c1. The van der Waals surface area contributed by atoms with E-state index in [1.54, 1.807) is 0 Å². The van der Waals surface area contributed by atoms with Crippen LogP contribution in [0.1, 0.15) is 23.1 Å². The second-order valence-corrected chi connectivity index (χ2v) is 5.79. The number of benzene rings is 2. The molecular formula is C18H20N2O2. The lowest BCUT2D eigenvalue weighted by Crippen LogP contribution is -2.24. The van der Waals surface area contributed by atoms with E-state index in [0.29, 0.717) is 6.42 Å². The molecular weight excluding hydrogens is 276 g/mol. The van der Waals surface area contributed by atoms with E-state index in [9.17, 15) is 9.90 Å². The summed E-state index contributed by atoms with van der Waals surface area (Å²) in [5.41, 5.74) is 4.89. The second kappa shape index (κ2) is 6.20. The first kappa shape index (κ1) is 14.6. The minimum atomic E-state index is -0.324. The third-order valence-corrected chi connectivity index (χ3v) is 3.98. The van der Waals surface area contributed by atoms with Gasteiger partial charge in [0.05, 0.1) is 6.10 Å². The fourth-order valence-electron chi connectivity index (χ4n) is 2.89. The molecule has 2 aromatic carbocycles. The smallest absolute Gasteiger partial charge is 0.323 e. The van der Waals surface area contributed by atoms with Crippen LogP contribution in [0.5, 0.6) is 0 Å². The van der Waals surface area contributed by atoms with Crippen LogP contribution in [-0.2, 0) is 12.8 Å². The van der Waals surface area contributed by atoms with Crippen LogP contribution >= 0.6 is 0 Å². The molecule has 0 bridgehead atoms. The fraction of sp³-hybridized carbons (Fsp3) is 0.278. The third-order valence-electron chi connectivity index (χ3n) is 3.98. The highest BCUT2D eigenvalue weighted by molar-refractivity contribution is 6.00. The standard InChI is InChI=1S/C18H20N2O2/c1-12-4-2-6-14(10-12)19-18(22)20-17-7-3-5-13-8-9-15(21)11-16(13)17/h2-7,10,15,21H,8-9,11H2,1H3,(H2,19,20,22)/t15-/m1/s1. The Kier molecular flexibility index (Phi) is 4.11. The molecule has 4 heteroatoms. The maximum atomic E-state index is 12.2. The molecule has 3 rings (SSSR count). The van der Waals surface area contributed by atoms with Gasteiger partial charge in [0, 0.05) is 17.8 Å². The van der Waals surface area contributed by atoms with Gasteiger partial charge in [-0.25, -0.2) is 4.79 Å². The van der Waals surface area contributed by atoms with Crippen LogP contribution in [0, 0.1) is 6.92 Å². The molecule has 1 aliphatic rings. The zero-order chi connectivity index (χ0) is 15.5. The largest absolute Gasteiger partial charge is 0.393 e. The summed E-state index contributed by atoms with van der Waals surface area (Å²) in [6, 6.07) is 13.3. The van der Waals surface area contributed by atoms with Crippen molar-refractivity contribution in [2.75, 3.05) is 10.6 Å². The highest BCUT2D eigenvalue weighted by Crippen LogP contribution is 2.28. The number of hydrogen-bond donors (Lipinski definition) is 3. The van der Waals surface area contributed by atoms with E-state index in [-0.39, 0.29) is 12.1 Å². The van der Waals surface area contributed by atoms with Crippen LogP contribution in [-0.4, -0.2) is 17.2 Å². The molecule has 3 N–H and O–H groups in total. The van der Waals surface area contributed by atoms with Crippen molar-refractivity contribution in [2.45, 2.75) is 32.3 Å². The molecule has 0 unspecified atom stereocenters. The lowest BCUT2D eigenvalue weighted by Gasteiger charge is -2.23. The molecule has 1 atom stereocenters. The van der Waals surface area contributed by atoms with Crippen molar-refractivity contribution >= 4 is 17.4 Å². The van der Waals surface area contributed by atoms with Gasteiger partial charge in [0.1, 0.15) is 0 Å². The number of aryl methyl sites for hydroxylation is 2. The molecule has 114 valence electrons. The Labute approximate surface area is 130 Å². The van der Waals surface area contributed by atoms with Gasteiger partial charge in [-0.05, 0) is 54.7 Å². The number of rotatable bonds is 2. The Hall–Kier alpha value is -2.33. The highest BCUT2D eigenvalue weighted by atomic mass is 16.3. The average Bonchev–Trinajstić information content (AvgIpc) is 2.48. The van der Waals surface area contributed by atoms with E-state index >= 15 is 0 Å². The molecule has 2 amide bonds. The summed E-state index contributed by atoms with van der Waals surface area (Å²) in [6.45, 7) is 1.98. The lowest BCUT2D eigenvalue weighted by molar-refractivity contribution is 0.159. The number of hydrogen-bond acceptors (Lipinski definition) is 2. The topological polar surface area (TPSA) is 61.4 Å². The Morgan fingerprint density at radius 2 is 2.00 bits per heavy atom. The van der Waals surface area contributed by atoms with Crippen LogP contribution in [0.2, 0.25) is 0 Å². The van der Waals surface area contributed by atoms with Crippen LogP contribution in [0.4, 0.5) is 16.2 Å². The van der Waals surface area contributed by atoms with Crippen molar-refractivity contribution in [3.63, 3.8) is 0 Å². The van der Waals surface area contributed by atoms with Crippen molar-refractivity contribution in [3.05, 3.63) is 59.2 Å². The van der Waals surface area contributed by atoms with Gasteiger partial charge in [-0.3, -0.25) is 0 Å². The van der Waals surface area contributed by atoms with Gasteiger partial charge in [0.25, 0.3) is 0 Å². The molecule has 0 saturated carbocycles. The summed E-state index contributed by atoms with van der Waals surface area (Å²) in [4.78, 5) is 12.2. The van der Waals surface area contributed by atoms with E-state index in [0.717, 1.165) is 35.3 Å². The molecule has 4 nitrogen and oxygen atoms in total. The van der Waals surface area contributed by atoms with Crippen molar-refractivity contribution in [3.8, 4) is 0 Å². The van der Waals surface area contributed by atoms with E-state index in [2.05, 4.69) is 16.7 Å². The zero-order valence-corrected chi connectivity index (χ0v) is 12.6. The number of amides is 2. The number of fused-ring (bicyclic) bond motifs is 1. The van der Waals surface area contributed by atoms with Gasteiger partial charge in [0.15, 0.2) is 0 Å². The number of anilines is 2. The third kappa shape index (κ3) is 3.28. The fourth-order valence-corrected chi connectivity index (χ4v) is 2.89. The number of carbonyl (C=O) groups is 1. The molecule has 0 heterocycles. The highest BCUT2D eigenvalue weighted by Gasteiger charge is 2.19. The van der Waals surface area contributed by atoms with Crippen molar-refractivity contribution in [2.24, 2.45) is 0 Å². The molecule has 0 aliphatic heterocycles. The van der Waals surface area contributed by atoms with Gasteiger partial charge in [-0.15, -0.1) is 0 Å². The number of urea groups is 1. The Morgan fingerprint density at radius 1 is 1.18 bits per heavy atom. The van der Waals surface area contributed by atoms with Crippen LogP contribution in [0.25, 0.3) is 0 Å². The van der Waals surface area contributed by atoms with Gasteiger partial charge in [-0.2, -0.15) is 0 Å². The summed E-state index contributed by atoms with van der Waals surface area (Å²) >= 11 is 0. The summed E-state index contributed by atoms with van der Waals surface area (Å²) in [5.74, 6) is 0. The van der Waals surface area contributed by atoms with Gasteiger partial charge >= 0.3 is 6.03 Å². The first-order chi connectivity index (χ1) is 10.6. The minimum absolute atomic E-state index is 0.265. The van der Waals surface area contributed by atoms with Gasteiger partial charge < -0.3 is 15.7 Å². The monoisotopic (exact) mass is 296 g/mol. The Bertz CT molecular complexity index is 697. The zero-order valence-electron chi connectivity index (χ0n) is 12.6. The van der Waals surface area contributed by atoms with Crippen molar-refractivity contribution in [1.82, 2.24) is 0 Å². The molecule has 22 heavy (non-hydrogen) atoms. The van der Waals surface area contributed by atoms with Crippen molar-refractivity contribution in [1.29, 1.82) is 0 Å². The number of nitrogens with one attached hydrogen (secondary N) is 2. The van der Waals surface area contributed by atoms with Crippen molar-refractivity contribution < 1.29 is 9.90 Å². The Morgan fingerprint density at radius 3 is 2.82 bits per heavy atom. The number of aliphatic hydroxyl groups is 1. The molecule has 2 aromatic rings. The Balaban J connectivity index is 1.74. The molecule has 0 fully saturated rings. The van der Waals surface area contributed by atoms with E-state index in [1.165, 1.54) is 5.56 Å². The van der Waals surface area contributed by atoms with Crippen LogP contribution in [0.15, 0.2) is 42.5 Å². The van der Waals surface area contributed by atoms with Crippen LogP contribution in [0.3, 0.4) is 0 Å². The predicted molar refractivity (Wildman–Crippen MR) is 88.3 cm³/mol. The maximum absolute atomic E-state index is 12.2.